The molecule has 3 rings (SSSR count). The number of hydrogen-bond acceptors (Lipinski definition) is 3. The van der Waals surface area contributed by atoms with Crippen LogP contribution in [0.2, 0.25) is 5.15 Å². The van der Waals surface area contributed by atoms with Gasteiger partial charge in [0.1, 0.15) is 11.0 Å². The molecule has 0 unspecified atom stereocenters. The molecule has 0 N–H and O–H groups in total. The van der Waals surface area contributed by atoms with Crippen LogP contribution in [0.25, 0.3) is 21.6 Å². The third-order valence-corrected chi connectivity index (χ3v) is 3.90. The molecule has 3 aromatic rings. The van der Waals surface area contributed by atoms with Crippen LogP contribution >= 0.6 is 22.9 Å². The van der Waals surface area contributed by atoms with Gasteiger partial charge >= 0.3 is 0 Å². The lowest BCUT2D eigenvalue weighted by Gasteiger charge is -2.06. The summed E-state index contributed by atoms with van der Waals surface area (Å²) in [5.74, 6) is 0.255. The second-order valence-electron chi connectivity index (χ2n) is 3.88. The molecule has 2 nitrogen and oxygen atoms in total. The summed E-state index contributed by atoms with van der Waals surface area (Å²) < 4.78 is 13.6. The second kappa shape index (κ2) is 4.30. The minimum absolute atomic E-state index is 0.283. The second-order valence-corrected chi connectivity index (χ2v) is 5.19. The van der Waals surface area contributed by atoms with E-state index in [0.717, 1.165) is 4.88 Å². The maximum atomic E-state index is 13.6. The van der Waals surface area contributed by atoms with E-state index >= 15 is 0 Å². The van der Waals surface area contributed by atoms with E-state index in [4.69, 9.17) is 11.6 Å². The first-order valence-electron chi connectivity index (χ1n) is 5.33. The van der Waals surface area contributed by atoms with E-state index in [1.54, 1.807) is 13.0 Å². The summed E-state index contributed by atoms with van der Waals surface area (Å²) >= 11 is 7.66. The maximum Gasteiger partial charge on any atom is 0.171 e. The highest BCUT2D eigenvalue weighted by Gasteiger charge is 2.12. The van der Waals surface area contributed by atoms with E-state index in [1.807, 2.05) is 17.5 Å². The standard InChI is InChI=1S/C13H8ClFN2S/c1-7-9(15)5-4-8-11(7)16-13(17-12(8)14)10-3-2-6-18-10/h2-6H,1H3. The average Bonchev–Trinajstić information content (AvgIpc) is 2.88. The third-order valence-electron chi connectivity index (χ3n) is 2.75. The van der Waals surface area contributed by atoms with Crippen LogP contribution < -0.4 is 0 Å². The third kappa shape index (κ3) is 1.78. The molecule has 5 heteroatoms. The topological polar surface area (TPSA) is 25.8 Å². The minimum atomic E-state index is -0.283. The fourth-order valence-corrected chi connectivity index (χ4v) is 2.68. The Labute approximate surface area is 112 Å². The number of halogens is 2. The summed E-state index contributed by atoms with van der Waals surface area (Å²) in [5, 5.41) is 2.97. The molecule has 0 fully saturated rings. The number of aryl methyl sites for hydroxylation is 1. The SMILES string of the molecule is Cc1c(F)ccc2c(Cl)nc(-c3cccs3)nc12. The molecule has 0 amide bonds. The first kappa shape index (κ1) is 11.6. The molecule has 0 aliphatic rings. The normalized spacial score (nSPS) is 11.1. The molecule has 0 bridgehead atoms. The zero-order valence-corrected chi connectivity index (χ0v) is 11.0. The zero-order chi connectivity index (χ0) is 12.7. The predicted octanol–water partition coefficient (Wildman–Crippen LogP) is 4.46. The van der Waals surface area contributed by atoms with Gasteiger partial charge in [-0.1, -0.05) is 17.7 Å². The molecule has 0 radical (unpaired) electrons. The molecular weight excluding hydrogens is 271 g/mol. The summed E-state index contributed by atoms with van der Waals surface area (Å²) in [6, 6.07) is 6.83. The van der Waals surface area contributed by atoms with E-state index in [0.29, 0.717) is 27.4 Å². The van der Waals surface area contributed by atoms with Crippen molar-refractivity contribution in [2.24, 2.45) is 0 Å². The monoisotopic (exact) mass is 278 g/mol. The highest BCUT2D eigenvalue weighted by Crippen LogP contribution is 2.29. The Bertz CT molecular complexity index is 725. The highest BCUT2D eigenvalue weighted by atomic mass is 35.5. The highest BCUT2D eigenvalue weighted by molar-refractivity contribution is 7.13. The lowest BCUT2D eigenvalue weighted by molar-refractivity contribution is 0.620. The lowest BCUT2D eigenvalue weighted by Crippen LogP contribution is -1.94. The van der Waals surface area contributed by atoms with Crippen molar-refractivity contribution in [2.75, 3.05) is 0 Å². The van der Waals surface area contributed by atoms with E-state index in [9.17, 15) is 4.39 Å². The fourth-order valence-electron chi connectivity index (χ4n) is 1.79. The van der Waals surface area contributed by atoms with Gasteiger partial charge in [0.25, 0.3) is 0 Å². The van der Waals surface area contributed by atoms with Crippen molar-refractivity contribution in [3.63, 3.8) is 0 Å². The number of aromatic nitrogens is 2. The van der Waals surface area contributed by atoms with Crippen molar-refractivity contribution in [1.29, 1.82) is 0 Å². The van der Waals surface area contributed by atoms with Gasteiger partial charge in [-0.3, -0.25) is 0 Å². The van der Waals surface area contributed by atoms with Crippen LogP contribution in [0.5, 0.6) is 0 Å². The van der Waals surface area contributed by atoms with Gasteiger partial charge < -0.3 is 0 Å². The van der Waals surface area contributed by atoms with Gasteiger partial charge in [0, 0.05) is 10.9 Å². The van der Waals surface area contributed by atoms with Crippen molar-refractivity contribution >= 4 is 33.8 Å². The first-order valence-corrected chi connectivity index (χ1v) is 6.59. The molecule has 1 aromatic carbocycles. The molecule has 0 saturated carbocycles. The molecule has 2 heterocycles. The Balaban J connectivity index is 2.35. The van der Waals surface area contributed by atoms with Gasteiger partial charge in [0.15, 0.2) is 5.82 Å². The molecule has 0 saturated heterocycles. The van der Waals surface area contributed by atoms with Gasteiger partial charge in [-0.2, -0.15) is 0 Å². The van der Waals surface area contributed by atoms with Gasteiger partial charge in [0.2, 0.25) is 0 Å². The van der Waals surface area contributed by atoms with Crippen LogP contribution in [0.3, 0.4) is 0 Å². The van der Waals surface area contributed by atoms with Crippen LogP contribution in [-0.4, -0.2) is 9.97 Å². The Kier molecular flexibility index (Phi) is 2.76. The van der Waals surface area contributed by atoms with Crippen molar-refractivity contribution in [3.8, 4) is 10.7 Å². The molecule has 0 spiro atoms. The van der Waals surface area contributed by atoms with Gasteiger partial charge in [-0.15, -0.1) is 11.3 Å². The smallest absolute Gasteiger partial charge is 0.171 e. The molecule has 0 atom stereocenters. The number of hydrogen-bond donors (Lipinski definition) is 0. The first-order chi connectivity index (χ1) is 8.66. The largest absolute Gasteiger partial charge is 0.227 e. The minimum Gasteiger partial charge on any atom is -0.227 e. The number of fused-ring (bicyclic) bond motifs is 1. The van der Waals surface area contributed by atoms with Gasteiger partial charge in [-0.05, 0) is 30.5 Å². The maximum absolute atomic E-state index is 13.6. The van der Waals surface area contributed by atoms with E-state index in [-0.39, 0.29) is 5.82 Å². The van der Waals surface area contributed by atoms with Crippen LogP contribution in [0.4, 0.5) is 4.39 Å². The van der Waals surface area contributed by atoms with Gasteiger partial charge in [-0.25, -0.2) is 14.4 Å². The number of rotatable bonds is 1. The number of thiophene rings is 1. The Hall–Kier alpha value is -1.52. The summed E-state index contributed by atoms with van der Waals surface area (Å²) in [4.78, 5) is 9.59. The molecule has 0 aliphatic heterocycles. The van der Waals surface area contributed by atoms with Crippen LogP contribution in [-0.2, 0) is 0 Å². The van der Waals surface area contributed by atoms with E-state index in [2.05, 4.69) is 9.97 Å². The molecule has 18 heavy (non-hydrogen) atoms. The van der Waals surface area contributed by atoms with Crippen LogP contribution in [0.15, 0.2) is 29.6 Å². The Morgan fingerprint density at radius 1 is 1.22 bits per heavy atom. The van der Waals surface area contributed by atoms with Crippen molar-refractivity contribution in [3.05, 3.63) is 46.2 Å². The van der Waals surface area contributed by atoms with Gasteiger partial charge in [0.05, 0.1) is 10.4 Å². The Morgan fingerprint density at radius 2 is 2.06 bits per heavy atom. The van der Waals surface area contributed by atoms with E-state index < -0.39 is 0 Å². The molecule has 2 aromatic heterocycles. The average molecular weight is 279 g/mol. The predicted molar refractivity (Wildman–Crippen MR) is 72.6 cm³/mol. The summed E-state index contributed by atoms with van der Waals surface area (Å²) in [7, 11) is 0. The quantitative estimate of drug-likeness (QED) is 0.614. The van der Waals surface area contributed by atoms with Crippen molar-refractivity contribution < 1.29 is 4.39 Å². The number of benzene rings is 1. The summed E-state index contributed by atoms with van der Waals surface area (Å²) in [6.07, 6.45) is 0. The van der Waals surface area contributed by atoms with Crippen molar-refractivity contribution in [2.45, 2.75) is 6.92 Å². The lowest BCUT2D eigenvalue weighted by atomic mass is 10.1. The summed E-state index contributed by atoms with van der Waals surface area (Å²) in [6.45, 7) is 1.69. The molecule has 0 aliphatic carbocycles. The number of nitrogens with zero attached hydrogens (tertiary/aromatic N) is 2. The molecular formula is C13H8ClFN2S. The molecule has 90 valence electrons. The zero-order valence-electron chi connectivity index (χ0n) is 9.45. The fraction of sp³-hybridized carbons (Fsp3) is 0.0769. The summed E-state index contributed by atoms with van der Waals surface area (Å²) in [5.41, 5.74) is 1.06. The van der Waals surface area contributed by atoms with Crippen molar-refractivity contribution in [1.82, 2.24) is 9.97 Å². The van der Waals surface area contributed by atoms with E-state index in [1.165, 1.54) is 17.4 Å². The van der Waals surface area contributed by atoms with Crippen LogP contribution in [0, 0.1) is 12.7 Å². The Morgan fingerprint density at radius 3 is 2.78 bits per heavy atom. The van der Waals surface area contributed by atoms with Crippen LogP contribution in [0.1, 0.15) is 5.56 Å².